The molecule has 0 saturated heterocycles. The maximum absolute atomic E-state index is 13.0. The minimum absolute atomic E-state index is 0.282. The normalized spacial score (nSPS) is 11.5. The highest BCUT2D eigenvalue weighted by atomic mass is 19.1. The number of hydrogen-bond acceptors (Lipinski definition) is 4. The lowest BCUT2D eigenvalue weighted by Gasteiger charge is -2.02. The van der Waals surface area contributed by atoms with Gasteiger partial charge in [0.15, 0.2) is 17.1 Å². The third kappa shape index (κ3) is 1.78. The van der Waals surface area contributed by atoms with E-state index in [2.05, 4.69) is 20.2 Å². The molecule has 0 bridgehead atoms. The molecular formula is C14H11FN6. The van der Waals surface area contributed by atoms with Crippen LogP contribution >= 0.6 is 0 Å². The van der Waals surface area contributed by atoms with Gasteiger partial charge in [-0.15, -0.1) is 5.10 Å². The average molecular weight is 282 g/mol. The molecule has 1 aromatic carbocycles. The molecule has 4 aromatic rings. The van der Waals surface area contributed by atoms with E-state index in [1.807, 2.05) is 6.92 Å². The van der Waals surface area contributed by atoms with Gasteiger partial charge in [-0.2, -0.15) is 5.10 Å². The monoisotopic (exact) mass is 282 g/mol. The molecule has 104 valence electrons. The van der Waals surface area contributed by atoms with Crippen LogP contribution in [0.15, 0.2) is 36.8 Å². The zero-order valence-corrected chi connectivity index (χ0v) is 11.2. The molecule has 0 N–H and O–H groups in total. The van der Waals surface area contributed by atoms with Crippen LogP contribution in [0.25, 0.3) is 22.4 Å². The number of halogens is 1. The number of hydrogen-bond donors (Lipinski definition) is 0. The number of fused-ring (bicyclic) bond motifs is 3. The molecule has 4 rings (SSSR count). The van der Waals surface area contributed by atoms with Crippen molar-refractivity contribution < 1.29 is 4.39 Å². The maximum Gasteiger partial charge on any atom is 0.170 e. The highest BCUT2D eigenvalue weighted by Gasteiger charge is 2.12. The lowest BCUT2D eigenvalue weighted by Crippen LogP contribution is -1.99. The summed E-state index contributed by atoms with van der Waals surface area (Å²) >= 11 is 0. The second kappa shape index (κ2) is 4.34. The highest BCUT2D eigenvalue weighted by molar-refractivity contribution is 5.89. The Kier molecular flexibility index (Phi) is 2.47. The molecule has 0 fully saturated rings. The van der Waals surface area contributed by atoms with Crippen molar-refractivity contribution in [2.45, 2.75) is 13.3 Å². The summed E-state index contributed by atoms with van der Waals surface area (Å²) in [5, 5.41) is 9.48. The number of aryl methyl sites for hydroxylation is 1. The van der Waals surface area contributed by atoms with Crippen molar-refractivity contribution in [2.24, 2.45) is 0 Å². The quantitative estimate of drug-likeness (QED) is 0.565. The Morgan fingerprint density at radius 2 is 1.95 bits per heavy atom. The summed E-state index contributed by atoms with van der Waals surface area (Å²) in [5.41, 5.74) is 2.15. The van der Waals surface area contributed by atoms with E-state index < -0.39 is 0 Å². The smallest absolute Gasteiger partial charge is 0.170 e. The second-order valence-electron chi connectivity index (χ2n) is 4.66. The Morgan fingerprint density at radius 3 is 2.71 bits per heavy atom. The number of rotatable bonds is 2. The minimum Gasteiger partial charge on any atom is -0.216 e. The van der Waals surface area contributed by atoms with E-state index in [0.29, 0.717) is 5.65 Å². The molecule has 0 atom stereocenters. The van der Waals surface area contributed by atoms with E-state index >= 15 is 0 Å². The molecule has 0 unspecified atom stereocenters. The van der Waals surface area contributed by atoms with Crippen molar-refractivity contribution in [3.63, 3.8) is 0 Å². The number of nitrogens with zero attached hydrogens (tertiary/aromatic N) is 6. The van der Waals surface area contributed by atoms with Gasteiger partial charge in [0.2, 0.25) is 0 Å². The van der Waals surface area contributed by atoms with E-state index in [9.17, 15) is 4.39 Å². The molecule has 6 nitrogen and oxygen atoms in total. The summed E-state index contributed by atoms with van der Waals surface area (Å²) in [6.45, 7) is 2.00. The first-order valence-electron chi connectivity index (χ1n) is 6.60. The van der Waals surface area contributed by atoms with E-state index in [1.165, 1.54) is 12.1 Å². The van der Waals surface area contributed by atoms with Crippen LogP contribution in [0.2, 0.25) is 0 Å². The third-order valence-electron chi connectivity index (χ3n) is 3.34. The van der Waals surface area contributed by atoms with Crippen molar-refractivity contribution in [1.82, 2.24) is 29.4 Å². The molecule has 0 aliphatic carbocycles. The van der Waals surface area contributed by atoms with Crippen LogP contribution in [0.4, 0.5) is 4.39 Å². The van der Waals surface area contributed by atoms with Gasteiger partial charge in [-0.25, -0.2) is 23.6 Å². The largest absolute Gasteiger partial charge is 0.216 e. The van der Waals surface area contributed by atoms with Crippen LogP contribution in [0.5, 0.6) is 0 Å². The molecule has 3 heterocycles. The molecule has 7 heteroatoms. The standard InChI is InChI=1S/C14H11FN6/c1-2-12-18-14-11-7-17-21(10-5-3-9(15)4-6-10)13(11)16-8-20(14)19-12/h3-8H,2H2,1H3. The molecule has 3 aromatic heterocycles. The molecule has 0 aliphatic heterocycles. The van der Waals surface area contributed by atoms with Crippen LogP contribution in [-0.2, 0) is 6.42 Å². The molecule has 0 amide bonds. The second-order valence-corrected chi connectivity index (χ2v) is 4.66. The van der Waals surface area contributed by atoms with Crippen LogP contribution in [0.1, 0.15) is 12.7 Å². The van der Waals surface area contributed by atoms with Crippen molar-refractivity contribution in [2.75, 3.05) is 0 Å². The fraction of sp³-hybridized carbons (Fsp3) is 0.143. The molecule has 21 heavy (non-hydrogen) atoms. The SMILES string of the molecule is CCc1nc2c3cnn(-c4ccc(F)cc4)c3ncn2n1. The minimum atomic E-state index is -0.282. The molecule has 0 saturated carbocycles. The first-order chi connectivity index (χ1) is 10.3. The van der Waals surface area contributed by atoms with E-state index in [-0.39, 0.29) is 5.82 Å². The lowest BCUT2D eigenvalue weighted by atomic mass is 10.3. The predicted molar refractivity (Wildman–Crippen MR) is 74.7 cm³/mol. The van der Waals surface area contributed by atoms with Crippen molar-refractivity contribution in [3.8, 4) is 5.69 Å². The summed E-state index contributed by atoms with van der Waals surface area (Å²) in [6, 6.07) is 6.12. The molecule has 0 radical (unpaired) electrons. The van der Waals surface area contributed by atoms with Gasteiger partial charge in [-0.3, -0.25) is 0 Å². The van der Waals surface area contributed by atoms with E-state index in [0.717, 1.165) is 29.0 Å². The summed E-state index contributed by atoms with van der Waals surface area (Å²) < 4.78 is 16.3. The zero-order valence-electron chi connectivity index (χ0n) is 11.2. The van der Waals surface area contributed by atoms with E-state index in [1.54, 1.807) is 33.9 Å². The topological polar surface area (TPSA) is 60.9 Å². The summed E-state index contributed by atoms with van der Waals surface area (Å²) in [5.74, 6) is 0.481. The Morgan fingerprint density at radius 1 is 1.14 bits per heavy atom. The fourth-order valence-electron chi connectivity index (χ4n) is 2.29. The Labute approximate surface area is 118 Å². The highest BCUT2D eigenvalue weighted by Crippen LogP contribution is 2.19. The lowest BCUT2D eigenvalue weighted by molar-refractivity contribution is 0.627. The Hall–Kier alpha value is -2.83. The predicted octanol–water partition coefficient (Wildman–Crippen LogP) is 2.16. The van der Waals surface area contributed by atoms with Crippen molar-refractivity contribution >= 4 is 16.7 Å². The van der Waals surface area contributed by atoms with Gasteiger partial charge >= 0.3 is 0 Å². The van der Waals surface area contributed by atoms with Gasteiger partial charge in [0.1, 0.15) is 12.1 Å². The van der Waals surface area contributed by atoms with Crippen LogP contribution in [0.3, 0.4) is 0 Å². The van der Waals surface area contributed by atoms with Gasteiger partial charge in [-0.05, 0) is 24.3 Å². The third-order valence-corrected chi connectivity index (χ3v) is 3.34. The van der Waals surface area contributed by atoms with Gasteiger partial charge in [0.25, 0.3) is 0 Å². The summed E-state index contributed by atoms with van der Waals surface area (Å²) in [4.78, 5) is 8.86. The van der Waals surface area contributed by atoms with Gasteiger partial charge in [-0.1, -0.05) is 6.92 Å². The van der Waals surface area contributed by atoms with Crippen molar-refractivity contribution in [3.05, 3.63) is 48.4 Å². The maximum atomic E-state index is 13.0. The molecule has 0 spiro atoms. The van der Waals surface area contributed by atoms with Gasteiger partial charge in [0, 0.05) is 6.42 Å². The first-order valence-corrected chi connectivity index (χ1v) is 6.60. The van der Waals surface area contributed by atoms with Gasteiger partial charge < -0.3 is 0 Å². The molecular weight excluding hydrogens is 271 g/mol. The average Bonchev–Trinajstić information content (AvgIpc) is 3.10. The summed E-state index contributed by atoms with van der Waals surface area (Å²) in [6.07, 6.45) is 4.08. The fourth-order valence-corrected chi connectivity index (χ4v) is 2.29. The first kappa shape index (κ1) is 12.0. The van der Waals surface area contributed by atoms with Crippen LogP contribution in [-0.4, -0.2) is 29.4 Å². The van der Waals surface area contributed by atoms with Crippen LogP contribution < -0.4 is 0 Å². The Bertz CT molecular complexity index is 937. The Balaban J connectivity index is 1.97. The zero-order chi connectivity index (χ0) is 14.4. The van der Waals surface area contributed by atoms with Crippen molar-refractivity contribution in [1.29, 1.82) is 0 Å². The molecule has 0 aliphatic rings. The van der Waals surface area contributed by atoms with Crippen LogP contribution in [0, 0.1) is 5.82 Å². The van der Waals surface area contributed by atoms with E-state index in [4.69, 9.17) is 0 Å². The number of benzene rings is 1. The number of aromatic nitrogens is 6. The summed E-state index contributed by atoms with van der Waals surface area (Å²) in [7, 11) is 0. The van der Waals surface area contributed by atoms with Gasteiger partial charge in [0.05, 0.1) is 17.3 Å².